The van der Waals surface area contributed by atoms with Crippen molar-refractivity contribution in [3.8, 4) is 11.3 Å². The summed E-state index contributed by atoms with van der Waals surface area (Å²) in [6.45, 7) is 1.62. The highest BCUT2D eigenvalue weighted by Gasteiger charge is 2.34. The number of anilines is 1. The smallest absolute Gasteiger partial charge is 0.254 e. The lowest BCUT2D eigenvalue weighted by Crippen LogP contribution is -2.25. The topological polar surface area (TPSA) is 97.2 Å². The number of fused-ring (bicyclic) bond motifs is 1. The number of hydrogen-bond acceptors (Lipinski definition) is 6. The summed E-state index contributed by atoms with van der Waals surface area (Å²) in [4.78, 5) is 19.2. The van der Waals surface area contributed by atoms with Gasteiger partial charge in [-0.15, -0.1) is 0 Å². The van der Waals surface area contributed by atoms with Crippen LogP contribution in [0.15, 0.2) is 41.1 Å². The molecule has 0 aliphatic carbocycles. The van der Waals surface area contributed by atoms with Crippen molar-refractivity contribution in [3.63, 3.8) is 0 Å². The molecule has 3 heterocycles. The van der Waals surface area contributed by atoms with Crippen molar-refractivity contribution in [2.24, 2.45) is 0 Å². The van der Waals surface area contributed by atoms with Gasteiger partial charge in [-0.3, -0.25) is 4.79 Å². The number of thiazole rings is 1. The third kappa shape index (κ3) is 3.13. The Morgan fingerprint density at radius 2 is 2.11 bits per heavy atom. The van der Waals surface area contributed by atoms with E-state index in [1.807, 2.05) is 6.07 Å². The highest BCUT2D eigenvalue weighted by molar-refractivity contribution is 7.91. The minimum absolute atomic E-state index is 0.0381. The number of aromatic nitrogens is 3. The van der Waals surface area contributed by atoms with Crippen LogP contribution in [0.5, 0.6) is 0 Å². The molecule has 4 rings (SSSR count). The van der Waals surface area contributed by atoms with Crippen molar-refractivity contribution in [2.45, 2.75) is 24.2 Å². The van der Waals surface area contributed by atoms with Crippen LogP contribution in [0.2, 0.25) is 0 Å². The SMILES string of the molecule is CC(=O)Nc1ncc(S(=O)(=O)N2Cc3cccc(-c4cncn4F)c3C2)s1. The second kappa shape index (κ2) is 6.51. The van der Waals surface area contributed by atoms with Gasteiger partial charge < -0.3 is 5.32 Å². The maximum absolute atomic E-state index is 13.9. The van der Waals surface area contributed by atoms with Crippen molar-refractivity contribution in [3.05, 3.63) is 48.0 Å². The highest BCUT2D eigenvalue weighted by atomic mass is 32.2. The van der Waals surface area contributed by atoms with Crippen LogP contribution in [-0.2, 0) is 27.9 Å². The molecule has 0 radical (unpaired) electrons. The fraction of sp³-hybridized carbons (Fsp3) is 0.188. The molecule has 11 heteroatoms. The molecule has 140 valence electrons. The van der Waals surface area contributed by atoms with Gasteiger partial charge >= 0.3 is 0 Å². The third-order valence-corrected chi connectivity index (χ3v) is 7.33. The molecular weight excluding hydrogens is 393 g/mol. The zero-order valence-corrected chi connectivity index (χ0v) is 15.7. The van der Waals surface area contributed by atoms with E-state index >= 15 is 0 Å². The standard InChI is InChI=1S/C16H14FN5O3S2/c1-10(23)20-16-19-6-15(26-16)27(24,25)21-7-11-3-2-4-12(13(11)8-21)14-5-18-9-22(14)17/h2-6,9H,7-8H2,1H3,(H,19,20,23). The number of hydrogen-bond donors (Lipinski definition) is 1. The lowest BCUT2D eigenvalue weighted by atomic mass is 10.0. The van der Waals surface area contributed by atoms with Crippen LogP contribution in [0.25, 0.3) is 11.3 Å². The summed E-state index contributed by atoms with van der Waals surface area (Å²) < 4.78 is 41.2. The molecule has 1 aromatic carbocycles. The van der Waals surface area contributed by atoms with Gasteiger partial charge in [0.15, 0.2) is 9.34 Å². The Kier molecular flexibility index (Phi) is 4.29. The van der Waals surface area contributed by atoms with Crippen LogP contribution < -0.4 is 5.32 Å². The lowest BCUT2D eigenvalue weighted by molar-refractivity contribution is -0.114. The molecular formula is C16H14FN5O3S2. The average Bonchev–Trinajstić information content (AvgIpc) is 3.32. The second-order valence-corrected chi connectivity index (χ2v) is 9.17. The Balaban J connectivity index is 1.66. The lowest BCUT2D eigenvalue weighted by Gasteiger charge is -2.13. The molecule has 27 heavy (non-hydrogen) atoms. The van der Waals surface area contributed by atoms with Crippen molar-refractivity contribution in [1.29, 1.82) is 0 Å². The number of carbonyl (C=O) groups is 1. The number of carbonyl (C=O) groups excluding carboxylic acids is 1. The Morgan fingerprint density at radius 3 is 2.81 bits per heavy atom. The summed E-state index contributed by atoms with van der Waals surface area (Å²) in [6.07, 6.45) is 3.68. The first-order valence-electron chi connectivity index (χ1n) is 7.89. The van der Waals surface area contributed by atoms with E-state index in [0.717, 1.165) is 28.8 Å². The number of nitrogens with one attached hydrogen (secondary N) is 1. The van der Waals surface area contributed by atoms with E-state index in [1.165, 1.54) is 23.6 Å². The van der Waals surface area contributed by atoms with Gasteiger partial charge in [0.25, 0.3) is 10.0 Å². The van der Waals surface area contributed by atoms with Crippen molar-refractivity contribution < 1.29 is 17.7 Å². The zero-order chi connectivity index (χ0) is 19.2. The van der Waals surface area contributed by atoms with E-state index in [9.17, 15) is 17.7 Å². The molecule has 0 bridgehead atoms. The number of nitrogens with zero attached hydrogens (tertiary/aromatic N) is 4. The first-order chi connectivity index (χ1) is 12.9. The summed E-state index contributed by atoms with van der Waals surface area (Å²) in [5.41, 5.74) is 2.43. The minimum atomic E-state index is -3.80. The van der Waals surface area contributed by atoms with Crippen molar-refractivity contribution in [1.82, 2.24) is 19.1 Å². The first-order valence-corrected chi connectivity index (χ1v) is 10.1. The number of imidazole rings is 1. The van der Waals surface area contributed by atoms with E-state index in [-0.39, 0.29) is 34.0 Å². The van der Waals surface area contributed by atoms with Gasteiger partial charge in [0, 0.05) is 25.6 Å². The molecule has 0 saturated heterocycles. The van der Waals surface area contributed by atoms with E-state index in [2.05, 4.69) is 15.3 Å². The molecule has 3 aromatic rings. The number of rotatable bonds is 4. The fourth-order valence-electron chi connectivity index (χ4n) is 2.98. The molecule has 0 unspecified atom stereocenters. The molecule has 0 atom stereocenters. The Bertz CT molecular complexity index is 1140. The highest BCUT2D eigenvalue weighted by Crippen LogP contribution is 2.36. The van der Waals surface area contributed by atoms with Crippen molar-refractivity contribution in [2.75, 3.05) is 5.32 Å². The molecule has 8 nitrogen and oxygen atoms in total. The van der Waals surface area contributed by atoms with Gasteiger partial charge in [-0.2, -0.15) is 9.09 Å². The molecule has 1 aliphatic rings. The Hall–Kier alpha value is -2.63. The van der Waals surface area contributed by atoms with Gasteiger partial charge in [0.1, 0.15) is 12.0 Å². The van der Waals surface area contributed by atoms with E-state index in [1.54, 1.807) is 12.1 Å². The van der Waals surface area contributed by atoms with Crippen LogP contribution in [-0.4, -0.2) is 33.4 Å². The normalized spacial score (nSPS) is 14.3. The first kappa shape index (κ1) is 17.8. The van der Waals surface area contributed by atoms with Crippen molar-refractivity contribution >= 4 is 32.4 Å². The Labute approximate surface area is 158 Å². The number of halogens is 1. The molecule has 1 aliphatic heterocycles. The van der Waals surface area contributed by atoms with E-state index < -0.39 is 10.0 Å². The monoisotopic (exact) mass is 407 g/mol. The number of amides is 1. The number of benzene rings is 1. The maximum atomic E-state index is 13.9. The van der Waals surface area contributed by atoms with Gasteiger partial charge in [-0.25, -0.2) is 18.4 Å². The van der Waals surface area contributed by atoms with Crippen LogP contribution >= 0.6 is 11.3 Å². The van der Waals surface area contributed by atoms with Gasteiger partial charge in [0.05, 0.1) is 12.4 Å². The largest absolute Gasteiger partial charge is 0.302 e. The number of sulfonamides is 1. The van der Waals surface area contributed by atoms with Gasteiger partial charge in [0.2, 0.25) is 5.91 Å². The van der Waals surface area contributed by atoms with Crippen LogP contribution in [0.4, 0.5) is 9.61 Å². The minimum Gasteiger partial charge on any atom is -0.302 e. The summed E-state index contributed by atoms with van der Waals surface area (Å²) in [6, 6.07) is 5.32. The van der Waals surface area contributed by atoms with Gasteiger partial charge in [-0.1, -0.05) is 34.0 Å². The molecule has 0 spiro atoms. The van der Waals surface area contributed by atoms with Gasteiger partial charge in [-0.05, 0) is 11.1 Å². The maximum Gasteiger partial charge on any atom is 0.254 e. The molecule has 2 aromatic heterocycles. The Morgan fingerprint density at radius 1 is 1.30 bits per heavy atom. The summed E-state index contributed by atoms with van der Waals surface area (Å²) >= 11 is 0.891. The molecule has 0 fully saturated rings. The van der Waals surface area contributed by atoms with E-state index in [0.29, 0.717) is 10.4 Å². The summed E-state index contributed by atoms with van der Waals surface area (Å²) in [7, 11) is -3.80. The fourth-order valence-corrected chi connectivity index (χ4v) is 5.60. The molecule has 1 amide bonds. The molecule has 1 N–H and O–H groups in total. The zero-order valence-electron chi connectivity index (χ0n) is 14.1. The third-order valence-electron chi connectivity index (χ3n) is 4.19. The van der Waals surface area contributed by atoms with Crippen LogP contribution in [0.1, 0.15) is 18.1 Å². The molecule has 0 saturated carbocycles. The predicted molar refractivity (Wildman–Crippen MR) is 97.0 cm³/mol. The van der Waals surface area contributed by atoms with Crippen LogP contribution in [0.3, 0.4) is 0 Å². The summed E-state index contributed by atoms with van der Waals surface area (Å²) in [5, 5.41) is 2.70. The average molecular weight is 407 g/mol. The van der Waals surface area contributed by atoms with E-state index in [4.69, 9.17) is 0 Å². The second-order valence-electron chi connectivity index (χ2n) is 5.97. The van der Waals surface area contributed by atoms with Crippen LogP contribution in [0, 0.1) is 0 Å². The quantitative estimate of drug-likeness (QED) is 0.716. The predicted octanol–water partition coefficient (Wildman–Crippen LogP) is 2.40. The summed E-state index contributed by atoms with van der Waals surface area (Å²) in [5.74, 6) is -0.325.